The van der Waals surface area contributed by atoms with Crippen molar-refractivity contribution in [3.63, 3.8) is 0 Å². The van der Waals surface area contributed by atoms with E-state index in [-0.39, 0.29) is 18.5 Å². The average molecular weight is 323 g/mol. The Bertz CT molecular complexity index is 624. The van der Waals surface area contributed by atoms with Crippen LogP contribution in [0.3, 0.4) is 0 Å². The smallest absolute Gasteiger partial charge is 0.324 e. The number of carbonyl (C=O) groups excluding carboxylic acids is 2. The van der Waals surface area contributed by atoms with Crippen molar-refractivity contribution < 1.29 is 9.59 Å². The summed E-state index contributed by atoms with van der Waals surface area (Å²) >= 11 is 3.10. The second-order valence-electron chi connectivity index (χ2n) is 4.37. The predicted molar refractivity (Wildman–Crippen MR) is 79.3 cm³/mol. The maximum Gasteiger partial charge on any atom is 0.324 e. The number of imide groups is 1. The quantitative estimate of drug-likeness (QED) is 0.614. The van der Waals surface area contributed by atoms with Crippen LogP contribution in [-0.4, -0.2) is 50.9 Å². The summed E-state index contributed by atoms with van der Waals surface area (Å²) in [5.74, 6) is 1.21. The molecule has 21 heavy (non-hydrogen) atoms. The number of aromatic nitrogens is 3. The van der Waals surface area contributed by atoms with E-state index in [0.29, 0.717) is 17.5 Å². The molecule has 9 heteroatoms. The number of rotatable bonds is 6. The molecule has 2 aromatic rings. The van der Waals surface area contributed by atoms with Crippen molar-refractivity contribution >= 4 is 35.0 Å². The summed E-state index contributed by atoms with van der Waals surface area (Å²) in [5, 5.41) is 12.2. The zero-order valence-corrected chi connectivity index (χ0v) is 12.7. The zero-order valence-electron chi connectivity index (χ0n) is 11.0. The standard InChI is InChI=1S/C12H13N5O2S2/c18-10-7-13-12(19)17(10)3-5-21-11-14-9(15-16-11)6-8-2-1-4-20-8/h1-2,4H,3,5-7H2,(H,13,19)(H,14,15,16). The van der Waals surface area contributed by atoms with Gasteiger partial charge in [0.25, 0.3) is 0 Å². The van der Waals surface area contributed by atoms with Gasteiger partial charge in [-0.1, -0.05) is 17.8 Å². The lowest BCUT2D eigenvalue weighted by Gasteiger charge is -2.10. The number of amides is 3. The first kappa shape index (κ1) is 14.1. The minimum absolute atomic E-state index is 0.0924. The van der Waals surface area contributed by atoms with Gasteiger partial charge in [-0.3, -0.25) is 14.8 Å². The molecule has 1 aliphatic rings. The normalized spacial score (nSPS) is 14.8. The maximum atomic E-state index is 11.4. The maximum absolute atomic E-state index is 11.4. The van der Waals surface area contributed by atoms with Gasteiger partial charge in [-0.05, 0) is 11.4 Å². The number of nitrogens with one attached hydrogen (secondary N) is 2. The molecule has 0 atom stereocenters. The van der Waals surface area contributed by atoms with E-state index in [4.69, 9.17) is 0 Å². The topological polar surface area (TPSA) is 91.0 Å². The Morgan fingerprint density at radius 3 is 3.05 bits per heavy atom. The van der Waals surface area contributed by atoms with E-state index in [9.17, 15) is 9.59 Å². The van der Waals surface area contributed by atoms with Crippen molar-refractivity contribution in [1.29, 1.82) is 0 Å². The lowest BCUT2D eigenvalue weighted by atomic mass is 10.3. The average Bonchev–Trinajstić information content (AvgIpc) is 3.18. The molecule has 3 rings (SSSR count). The van der Waals surface area contributed by atoms with Crippen LogP contribution in [0.4, 0.5) is 4.79 Å². The van der Waals surface area contributed by atoms with Crippen LogP contribution in [0.25, 0.3) is 0 Å². The monoisotopic (exact) mass is 323 g/mol. The van der Waals surface area contributed by atoms with E-state index < -0.39 is 0 Å². The molecular formula is C12H13N5O2S2. The minimum Gasteiger partial charge on any atom is -0.329 e. The van der Waals surface area contributed by atoms with Crippen LogP contribution in [-0.2, 0) is 11.2 Å². The van der Waals surface area contributed by atoms with Gasteiger partial charge in [-0.15, -0.1) is 16.4 Å². The first-order valence-electron chi connectivity index (χ1n) is 6.37. The highest BCUT2D eigenvalue weighted by molar-refractivity contribution is 7.99. The third-order valence-corrected chi connectivity index (χ3v) is 4.62. The van der Waals surface area contributed by atoms with E-state index in [0.717, 1.165) is 12.2 Å². The largest absolute Gasteiger partial charge is 0.329 e. The number of thioether (sulfide) groups is 1. The molecule has 0 bridgehead atoms. The summed E-state index contributed by atoms with van der Waals surface area (Å²) in [4.78, 5) is 29.6. The molecule has 2 N–H and O–H groups in total. The number of thiophene rings is 1. The molecule has 3 amide bonds. The van der Waals surface area contributed by atoms with Gasteiger partial charge in [0, 0.05) is 23.6 Å². The number of aromatic amines is 1. The van der Waals surface area contributed by atoms with E-state index >= 15 is 0 Å². The third kappa shape index (κ3) is 3.42. The molecule has 3 heterocycles. The van der Waals surface area contributed by atoms with Crippen LogP contribution in [0.2, 0.25) is 0 Å². The van der Waals surface area contributed by atoms with Crippen molar-refractivity contribution in [2.24, 2.45) is 0 Å². The molecule has 1 aliphatic heterocycles. The molecule has 0 aromatic carbocycles. The van der Waals surface area contributed by atoms with Crippen LogP contribution in [0.15, 0.2) is 22.7 Å². The molecule has 2 aromatic heterocycles. The summed E-state index contributed by atoms with van der Waals surface area (Å²) in [6.45, 7) is 0.458. The van der Waals surface area contributed by atoms with Crippen molar-refractivity contribution in [3.8, 4) is 0 Å². The first-order valence-corrected chi connectivity index (χ1v) is 8.23. The molecule has 7 nitrogen and oxygen atoms in total. The van der Waals surface area contributed by atoms with Gasteiger partial charge in [-0.2, -0.15) is 0 Å². The highest BCUT2D eigenvalue weighted by Crippen LogP contribution is 2.16. The summed E-state index contributed by atoms with van der Waals surface area (Å²) in [7, 11) is 0. The van der Waals surface area contributed by atoms with Crippen LogP contribution >= 0.6 is 23.1 Å². The lowest BCUT2D eigenvalue weighted by Crippen LogP contribution is -2.32. The van der Waals surface area contributed by atoms with E-state index in [1.165, 1.54) is 21.5 Å². The second-order valence-corrected chi connectivity index (χ2v) is 6.47. The molecule has 0 spiro atoms. The number of nitrogens with zero attached hydrogens (tertiary/aromatic N) is 3. The fourth-order valence-electron chi connectivity index (χ4n) is 1.91. The number of hydrogen-bond donors (Lipinski definition) is 2. The molecule has 0 aliphatic carbocycles. The Labute approximate surface area is 129 Å². The van der Waals surface area contributed by atoms with Gasteiger partial charge < -0.3 is 5.32 Å². The van der Waals surface area contributed by atoms with Crippen molar-refractivity contribution in [2.75, 3.05) is 18.8 Å². The molecule has 0 saturated carbocycles. The number of H-pyrrole nitrogens is 1. The first-order chi connectivity index (χ1) is 10.2. The highest BCUT2D eigenvalue weighted by atomic mass is 32.2. The van der Waals surface area contributed by atoms with Crippen molar-refractivity contribution in [2.45, 2.75) is 11.6 Å². The molecule has 1 fully saturated rings. The zero-order chi connectivity index (χ0) is 14.7. The Morgan fingerprint density at radius 1 is 1.43 bits per heavy atom. The highest BCUT2D eigenvalue weighted by Gasteiger charge is 2.27. The number of urea groups is 1. The second kappa shape index (κ2) is 6.27. The minimum atomic E-state index is -0.325. The summed E-state index contributed by atoms with van der Waals surface area (Å²) in [6.07, 6.45) is 0.734. The SMILES string of the molecule is O=C1CNC(=O)N1CCSc1n[nH]c(Cc2cccs2)n1. The van der Waals surface area contributed by atoms with Crippen LogP contribution in [0, 0.1) is 0 Å². The number of hydrogen-bond acceptors (Lipinski definition) is 6. The van der Waals surface area contributed by atoms with Gasteiger partial charge in [0.2, 0.25) is 11.1 Å². The van der Waals surface area contributed by atoms with Crippen LogP contribution in [0.5, 0.6) is 0 Å². The molecule has 0 unspecified atom stereocenters. The fourth-order valence-corrected chi connectivity index (χ4v) is 3.36. The lowest BCUT2D eigenvalue weighted by molar-refractivity contribution is -0.124. The molecule has 1 saturated heterocycles. The summed E-state index contributed by atoms with van der Waals surface area (Å²) in [5.41, 5.74) is 0. The van der Waals surface area contributed by atoms with Gasteiger partial charge in [0.15, 0.2) is 0 Å². The van der Waals surface area contributed by atoms with Gasteiger partial charge in [0.05, 0.1) is 6.54 Å². The summed E-state index contributed by atoms with van der Waals surface area (Å²) < 4.78 is 0. The summed E-state index contributed by atoms with van der Waals surface area (Å²) in [6, 6.07) is 3.73. The van der Waals surface area contributed by atoms with E-state index in [1.54, 1.807) is 11.3 Å². The number of carbonyl (C=O) groups is 2. The van der Waals surface area contributed by atoms with E-state index in [2.05, 4.69) is 26.6 Å². The Kier molecular flexibility index (Phi) is 4.20. The van der Waals surface area contributed by atoms with Gasteiger partial charge >= 0.3 is 6.03 Å². The molecular weight excluding hydrogens is 310 g/mol. The molecule has 110 valence electrons. The fraction of sp³-hybridized carbons (Fsp3) is 0.333. The Balaban J connectivity index is 1.49. The third-order valence-electron chi connectivity index (χ3n) is 2.92. The van der Waals surface area contributed by atoms with Crippen LogP contribution in [0.1, 0.15) is 10.7 Å². The predicted octanol–water partition coefficient (Wildman–Crippen LogP) is 1.10. The van der Waals surface area contributed by atoms with Crippen LogP contribution < -0.4 is 5.32 Å². The Hall–Kier alpha value is -1.87. The van der Waals surface area contributed by atoms with Gasteiger partial charge in [-0.25, -0.2) is 9.78 Å². The van der Waals surface area contributed by atoms with Crippen molar-refractivity contribution in [3.05, 3.63) is 28.2 Å². The van der Waals surface area contributed by atoms with Crippen molar-refractivity contribution in [1.82, 2.24) is 25.4 Å². The Morgan fingerprint density at radius 2 is 2.33 bits per heavy atom. The molecule has 0 radical (unpaired) electrons. The van der Waals surface area contributed by atoms with E-state index in [1.807, 2.05) is 11.4 Å². The van der Waals surface area contributed by atoms with Gasteiger partial charge in [0.1, 0.15) is 5.82 Å².